The highest BCUT2D eigenvalue weighted by Gasteiger charge is 2.01. The summed E-state index contributed by atoms with van der Waals surface area (Å²) >= 11 is 0. The van der Waals surface area contributed by atoms with Crippen molar-refractivity contribution in [1.29, 1.82) is 0 Å². The lowest BCUT2D eigenvalue weighted by Gasteiger charge is -2.02. The van der Waals surface area contributed by atoms with Crippen molar-refractivity contribution < 1.29 is 4.79 Å². The van der Waals surface area contributed by atoms with E-state index in [1.807, 2.05) is 0 Å². The molecular formula is C14H20O. The van der Waals surface area contributed by atoms with Crippen LogP contribution >= 0.6 is 0 Å². The number of carbonyl (C=O) groups is 1. The zero-order chi connectivity index (χ0) is 10.9. The Morgan fingerprint density at radius 1 is 1.07 bits per heavy atom. The first-order chi connectivity index (χ1) is 7.30. The van der Waals surface area contributed by atoms with Crippen molar-refractivity contribution in [3.63, 3.8) is 0 Å². The van der Waals surface area contributed by atoms with Crippen LogP contribution in [0, 0.1) is 0 Å². The van der Waals surface area contributed by atoms with Crippen molar-refractivity contribution in [2.24, 2.45) is 0 Å². The van der Waals surface area contributed by atoms with Crippen molar-refractivity contribution >= 4 is 5.78 Å². The summed E-state index contributed by atoms with van der Waals surface area (Å²) in [5, 5.41) is 0. The van der Waals surface area contributed by atoms with Gasteiger partial charge in [-0.1, -0.05) is 30.4 Å². The van der Waals surface area contributed by atoms with Crippen LogP contribution in [0.3, 0.4) is 0 Å². The molecule has 0 fully saturated rings. The van der Waals surface area contributed by atoms with Crippen LogP contribution in [0.2, 0.25) is 0 Å². The lowest BCUT2D eigenvalue weighted by atomic mass is 10.0. The third-order valence-electron chi connectivity index (χ3n) is 2.60. The van der Waals surface area contributed by atoms with Gasteiger partial charge in [-0.3, -0.25) is 4.79 Å². The molecule has 0 saturated carbocycles. The number of hydrogen-bond donors (Lipinski definition) is 0. The van der Waals surface area contributed by atoms with E-state index in [4.69, 9.17) is 0 Å². The monoisotopic (exact) mass is 204 g/mol. The number of carbonyl (C=O) groups excluding carboxylic acids is 1. The molecule has 15 heavy (non-hydrogen) atoms. The van der Waals surface area contributed by atoms with E-state index >= 15 is 0 Å². The van der Waals surface area contributed by atoms with Crippen LogP contribution in [0.15, 0.2) is 36.0 Å². The van der Waals surface area contributed by atoms with E-state index < -0.39 is 0 Å². The SMILES string of the molecule is CC(=O)C1=CCC=CCCC=CCCC1. The van der Waals surface area contributed by atoms with Crippen LogP contribution in [0.25, 0.3) is 0 Å². The van der Waals surface area contributed by atoms with Crippen LogP contribution in [0.4, 0.5) is 0 Å². The van der Waals surface area contributed by atoms with E-state index in [9.17, 15) is 4.79 Å². The number of allylic oxidation sites excluding steroid dienone is 6. The van der Waals surface area contributed by atoms with Gasteiger partial charge in [0.25, 0.3) is 0 Å². The number of hydrogen-bond acceptors (Lipinski definition) is 1. The van der Waals surface area contributed by atoms with Crippen molar-refractivity contribution in [3.8, 4) is 0 Å². The quantitative estimate of drug-likeness (QED) is 0.591. The first-order valence-electron chi connectivity index (χ1n) is 5.80. The van der Waals surface area contributed by atoms with E-state index in [1.165, 1.54) is 0 Å². The number of rotatable bonds is 1. The number of Topliss-reactive ketones (excluding diaryl/α,β-unsaturated/α-hetero) is 1. The van der Waals surface area contributed by atoms with Gasteiger partial charge in [0, 0.05) is 0 Å². The normalized spacial score (nSPS) is 18.9. The Labute approximate surface area is 92.6 Å². The Hall–Kier alpha value is -1.11. The summed E-state index contributed by atoms with van der Waals surface area (Å²) in [6, 6.07) is 0. The second-order valence-electron chi connectivity index (χ2n) is 3.93. The Balaban J connectivity index is 2.59. The molecule has 1 nitrogen and oxygen atoms in total. The lowest BCUT2D eigenvalue weighted by molar-refractivity contribution is -0.113. The van der Waals surface area contributed by atoms with Gasteiger partial charge in [-0.15, -0.1) is 0 Å². The van der Waals surface area contributed by atoms with Gasteiger partial charge in [-0.2, -0.15) is 0 Å². The standard InChI is InChI=1S/C14H20O/c1-13(15)14-11-9-7-5-3-2-4-6-8-10-12-14/h3,5-6,8,12H,2,4,7,9-11H2,1H3. The lowest BCUT2D eigenvalue weighted by Crippen LogP contribution is -1.96. The van der Waals surface area contributed by atoms with E-state index in [0.29, 0.717) is 0 Å². The molecule has 0 amide bonds. The molecule has 1 aliphatic rings. The molecule has 0 aromatic rings. The molecule has 1 aliphatic carbocycles. The van der Waals surface area contributed by atoms with Crippen molar-refractivity contribution in [2.45, 2.75) is 45.4 Å². The fraction of sp³-hybridized carbons (Fsp3) is 0.500. The van der Waals surface area contributed by atoms with Gasteiger partial charge in [0.15, 0.2) is 5.78 Å². The molecule has 0 spiro atoms. The van der Waals surface area contributed by atoms with Gasteiger partial charge in [0.2, 0.25) is 0 Å². The van der Waals surface area contributed by atoms with E-state index in [-0.39, 0.29) is 5.78 Å². The van der Waals surface area contributed by atoms with Crippen LogP contribution in [0.1, 0.15) is 45.4 Å². The second-order valence-corrected chi connectivity index (χ2v) is 3.93. The summed E-state index contributed by atoms with van der Waals surface area (Å²) in [5.74, 6) is 0.226. The van der Waals surface area contributed by atoms with Crippen molar-refractivity contribution in [1.82, 2.24) is 0 Å². The zero-order valence-electron chi connectivity index (χ0n) is 9.54. The predicted octanol–water partition coefficient (Wildman–Crippen LogP) is 3.97. The molecule has 0 aliphatic heterocycles. The molecule has 0 radical (unpaired) electrons. The van der Waals surface area contributed by atoms with Gasteiger partial charge in [-0.05, 0) is 51.0 Å². The highest BCUT2D eigenvalue weighted by molar-refractivity contribution is 5.93. The molecule has 0 aromatic heterocycles. The first kappa shape index (κ1) is 12.0. The van der Waals surface area contributed by atoms with Crippen molar-refractivity contribution in [2.75, 3.05) is 0 Å². The van der Waals surface area contributed by atoms with Crippen LogP contribution in [-0.2, 0) is 4.79 Å². The summed E-state index contributed by atoms with van der Waals surface area (Å²) < 4.78 is 0. The predicted molar refractivity (Wildman–Crippen MR) is 64.7 cm³/mol. The topological polar surface area (TPSA) is 17.1 Å². The highest BCUT2D eigenvalue weighted by atomic mass is 16.1. The van der Waals surface area contributed by atoms with Gasteiger partial charge < -0.3 is 0 Å². The zero-order valence-corrected chi connectivity index (χ0v) is 9.54. The molecule has 0 bridgehead atoms. The molecule has 0 saturated heterocycles. The summed E-state index contributed by atoms with van der Waals surface area (Å²) in [5.41, 5.74) is 0.994. The molecular weight excluding hydrogens is 184 g/mol. The fourth-order valence-electron chi connectivity index (χ4n) is 1.68. The van der Waals surface area contributed by atoms with E-state index in [1.54, 1.807) is 6.92 Å². The first-order valence-corrected chi connectivity index (χ1v) is 5.80. The Morgan fingerprint density at radius 3 is 2.47 bits per heavy atom. The summed E-state index contributed by atoms with van der Waals surface area (Å²) in [4.78, 5) is 11.3. The highest BCUT2D eigenvalue weighted by Crippen LogP contribution is 2.11. The molecule has 0 N–H and O–H groups in total. The minimum atomic E-state index is 0.226. The average molecular weight is 204 g/mol. The fourth-order valence-corrected chi connectivity index (χ4v) is 1.68. The molecule has 82 valence electrons. The molecule has 0 heterocycles. The molecule has 0 aromatic carbocycles. The maximum atomic E-state index is 11.3. The van der Waals surface area contributed by atoms with Crippen LogP contribution in [0.5, 0.6) is 0 Å². The third-order valence-corrected chi connectivity index (χ3v) is 2.60. The van der Waals surface area contributed by atoms with Gasteiger partial charge in [0.05, 0.1) is 0 Å². The maximum absolute atomic E-state index is 11.3. The average Bonchev–Trinajstić information content (AvgIpc) is 2.18. The van der Waals surface area contributed by atoms with E-state index in [0.717, 1.165) is 44.1 Å². The van der Waals surface area contributed by atoms with Gasteiger partial charge >= 0.3 is 0 Å². The minimum Gasteiger partial charge on any atom is -0.295 e. The minimum absolute atomic E-state index is 0.226. The summed E-state index contributed by atoms with van der Waals surface area (Å²) in [6.07, 6.45) is 17.1. The van der Waals surface area contributed by atoms with Crippen molar-refractivity contribution in [3.05, 3.63) is 36.0 Å². The summed E-state index contributed by atoms with van der Waals surface area (Å²) in [7, 11) is 0. The number of ketones is 1. The second kappa shape index (κ2) is 7.22. The molecule has 0 unspecified atom stereocenters. The maximum Gasteiger partial charge on any atom is 0.155 e. The third kappa shape index (κ3) is 5.36. The van der Waals surface area contributed by atoms with Crippen LogP contribution < -0.4 is 0 Å². The Bertz CT molecular complexity index is 282. The largest absolute Gasteiger partial charge is 0.295 e. The Morgan fingerprint density at radius 2 is 1.73 bits per heavy atom. The molecule has 0 atom stereocenters. The molecule has 1 heteroatoms. The summed E-state index contributed by atoms with van der Waals surface area (Å²) in [6.45, 7) is 1.66. The smallest absolute Gasteiger partial charge is 0.155 e. The van der Waals surface area contributed by atoms with E-state index in [2.05, 4.69) is 30.4 Å². The van der Waals surface area contributed by atoms with Gasteiger partial charge in [-0.25, -0.2) is 0 Å². The van der Waals surface area contributed by atoms with Gasteiger partial charge in [0.1, 0.15) is 0 Å². The molecule has 1 rings (SSSR count). The van der Waals surface area contributed by atoms with Crippen LogP contribution in [-0.4, -0.2) is 5.78 Å². The Kier molecular flexibility index (Phi) is 5.76.